The Morgan fingerprint density at radius 2 is 2.19 bits per heavy atom. The topological polar surface area (TPSA) is 12.0 Å². The van der Waals surface area contributed by atoms with Crippen LogP contribution in [0, 0.1) is 6.92 Å². The summed E-state index contributed by atoms with van der Waals surface area (Å²) in [7, 11) is 0. The lowest BCUT2D eigenvalue weighted by molar-refractivity contribution is -0.135. The number of halogens is 3. The first-order valence-corrected chi connectivity index (χ1v) is 8.10. The summed E-state index contributed by atoms with van der Waals surface area (Å²) in [5, 5.41) is 3.47. The zero-order valence-electron chi connectivity index (χ0n) is 12.1. The smallest absolute Gasteiger partial charge is 0.377 e. The van der Waals surface area contributed by atoms with Crippen molar-refractivity contribution in [3.8, 4) is 0 Å². The molecular formula is C16H20F3NS. The quantitative estimate of drug-likeness (QED) is 0.825. The fourth-order valence-electron chi connectivity index (χ4n) is 2.50. The molecule has 1 heterocycles. The number of hydrogen-bond donors (Lipinski definition) is 1. The number of thioether (sulfide) groups is 1. The molecule has 1 atom stereocenters. The van der Waals surface area contributed by atoms with E-state index >= 15 is 0 Å². The van der Waals surface area contributed by atoms with Crippen molar-refractivity contribution in [3.05, 3.63) is 47.2 Å². The van der Waals surface area contributed by atoms with Gasteiger partial charge in [0.25, 0.3) is 0 Å². The number of aryl methyl sites for hydroxylation is 1. The van der Waals surface area contributed by atoms with Gasteiger partial charge in [0.05, 0.1) is 5.37 Å². The second-order valence-corrected chi connectivity index (χ2v) is 6.62. The van der Waals surface area contributed by atoms with Crippen LogP contribution in [0.1, 0.15) is 36.0 Å². The van der Waals surface area contributed by atoms with E-state index in [9.17, 15) is 13.2 Å². The number of allylic oxidation sites excluding steroid dienone is 1. The van der Waals surface area contributed by atoms with Gasteiger partial charge in [0.2, 0.25) is 0 Å². The van der Waals surface area contributed by atoms with Crippen molar-refractivity contribution < 1.29 is 13.2 Å². The van der Waals surface area contributed by atoms with Gasteiger partial charge in [0.1, 0.15) is 0 Å². The van der Waals surface area contributed by atoms with E-state index < -0.39 is 12.6 Å². The summed E-state index contributed by atoms with van der Waals surface area (Å²) in [5.74, 6) is 0.940. The second-order valence-electron chi connectivity index (χ2n) is 5.43. The molecule has 0 saturated carbocycles. The predicted octanol–water partition coefficient (Wildman–Crippen LogP) is 4.95. The third kappa shape index (κ3) is 4.99. The van der Waals surface area contributed by atoms with Gasteiger partial charge in [-0.05, 0) is 36.5 Å². The van der Waals surface area contributed by atoms with Crippen LogP contribution in [0.4, 0.5) is 13.2 Å². The van der Waals surface area contributed by atoms with Crippen molar-refractivity contribution in [1.29, 1.82) is 0 Å². The maximum absolute atomic E-state index is 12.1. The van der Waals surface area contributed by atoms with Crippen LogP contribution in [0.2, 0.25) is 0 Å². The van der Waals surface area contributed by atoms with Crippen LogP contribution >= 0.6 is 11.8 Å². The summed E-state index contributed by atoms with van der Waals surface area (Å²) >= 11 is 1.79. The monoisotopic (exact) mass is 315 g/mol. The Kier molecular flexibility index (Phi) is 5.25. The average Bonchev–Trinajstić information content (AvgIpc) is 2.37. The summed E-state index contributed by atoms with van der Waals surface area (Å²) in [5.41, 5.74) is 4.73. The number of rotatable bonds is 5. The Hall–Kier alpha value is -1.10. The molecule has 1 N–H and O–H groups in total. The molecule has 2 rings (SSSR count). The molecule has 0 fully saturated rings. The molecule has 0 spiro atoms. The second kappa shape index (κ2) is 6.77. The molecule has 1 aromatic carbocycles. The minimum Gasteiger partial charge on any atom is -0.377 e. The molecule has 0 amide bonds. The van der Waals surface area contributed by atoms with E-state index in [0.29, 0.717) is 12.1 Å². The summed E-state index contributed by atoms with van der Waals surface area (Å²) in [6.45, 7) is 5.96. The Bertz CT molecular complexity index is 511. The van der Waals surface area contributed by atoms with E-state index in [0.717, 1.165) is 12.2 Å². The first-order chi connectivity index (χ1) is 9.85. The lowest BCUT2D eigenvalue weighted by Crippen LogP contribution is -2.30. The lowest BCUT2D eigenvalue weighted by atomic mass is 10.0. The van der Waals surface area contributed by atoms with E-state index in [1.807, 2.05) is 0 Å². The summed E-state index contributed by atoms with van der Waals surface area (Å²) in [4.78, 5) is 0. The van der Waals surface area contributed by atoms with Crippen molar-refractivity contribution in [2.24, 2.45) is 0 Å². The SMILES string of the molecule is C=C(CCCC(F)(F)F)NC1Cc2cccc(C)c2CS1. The summed E-state index contributed by atoms with van der Waals surface area (Å²) in [6.07, 6.45) is -3.45. The van der Waals surface area contributed by atoms with Crippen molar-refractivity contribution in [2.45, 2.75) is 49.9 Å². The number of hydrogen-bond acceptors (Lipinski definition) is 2. The molecule has 0 aliphatic carbocycles. The minimum absolute atomic E-state index is 0.0996. The van der Waals surface area contributed by atoms with Crippen LogP contribution in [0.5, 0.6) is 0 Å². The van der Waals surface area contributed by atoms with Gasteiger partial charge in [-0.3, -0.25) is 0 Å². The minimum atomic E-state index is -4.07. The Morgan fingerprint density at radius 3 is 2.90 bits per heavy atom. The standard InChI is InChI=1S/C16H20F3NS/c1-11-5-3-7-13-9-15(21-10-14(11)13)20-12(2)6-4-8-16(17,18)19/h3,5,7,15,20H,2,4,6,8-10H2,1H3. The summed E-state index contributed by atoms with van der Waals surface area (Å²) in [6, 6.07) is 6.30. The fraction of sp³-hybridized carbons (Fsp3) is 0.500. The number of alkyl halides is 3. The Morgan fingerprint density at radius 1 is 1.43 bits per heavy atom. The van der Waals surface area contributed by atoms with Crippen molar-refractivity contribution >= 4 is 11.8 Å². The fourth-order valence-corrected chi connectivity index (χ4v) is 3.83. The molecule has 5 heteroatoms. The average molecular weight is 315 g/mol. The first kappa shape index (κ1) is 16.3. The molecular weight excluding hydrogens is 295 g/mol. The zero-order valence-corrected chi connectivity index (χ0v) is 12.9. The first-order valence-electron chi connectivity index (χ1n) is 7.05. The third-order valence-electron chi connectivity index (χ3n) is 3.65. The molecule has 1 nitrogen and oxygen atoms in total. The van der Waals surface area contributed by atoms with Gasteiger partial charge in [-0.2, -0.15) is 13.2 Å². The lowest BCUT2D eigenvalue weighted by Gasteiger charge is -2.27. The van der Waals surface area contributed by atoms with Crippen LogP contribution in [-0.4, -0.2) is 11.6 Å². The van der Waals surface area contributed by atoms with E-state index in [-0.39, 0.29) is 11.8 Å². The molecule has 1 aliphatic heterocycles. The van der Waals surface area contributed by atoms with E-state index in [1.54, 1.807) is 11.8 Å². The van der Waals surface area contributed by atoms with Gasteiger partial charge in [-0.25, -0.2) is 0 Å². The summed E-state index contributed by atoms with van der Waals surface area (Å²) < 4.78 is 36.3. The number of benzene rings is 1. The molecule has 1 aliphatic rings. The van der Waals surface area contributed by atoms with Gasteiger partial charge < -0.3 is 5.32 Å². The van der Waals surface area contributed by atoms with Gasteiger partial charge >= 0.3 is 6.18 Å². The van der Waals surface area contributed by atoms with Crippen LogP contribution in [0.3, 0.4) is 0 Å². The van der Waals surface area contributed by atoms with Crippen molar-refractivity contribution in [3.63, 3.8) is 0 Å². The van der Waals surface area contributed by atoms with Crippen LogP contribution in [0.15, 0.2) is 30.5 Å². The van der Waals surface area contributed by atoms with Gasteiger partial charge in [0.15, 0.2) is 0 Å². The van der Waals surface area contributed by atoms with Crippen LogP contribution < -0.4 is 5.32 Å². The molecule has 1 unspecified atom stereocenters. The molecule has 21 heavy (non-hydrogen) atoms. The zero-order chi connectivity index (χ0) is 15.5. The molecule has 0 radical (unpaired) electrons. The molecule has 0 saturated heterocycles. The van der Waals surface area contributed by atoms with E-state index in [4.69, 9.17) is 0 Å². The number of nitrogens with one attached hydrogen (secondary N) is 1. The molecule has 0 aromatic heterocycles. The van der Waals surface area contributed by atoms with Gasteiger partial charge in [-0.1, -0.05) is 24.8 Å². The van der Waals surface area contributed by atoms with Gasteiger partial charge in [0, 0.05) is 24.3 Å². The maximum Gasteiger partial charge on any atom is 0.389 e. The van der Waals surface area contributed by atoms with Gasteiger partial charge in [-0.15, -0.1) is 11.8 Å². The highest BCUT2D eigenvalue weighted by Gasteiger charge is 2.26. The largest absolute Gasteiger partial charge is 0.389 e. The van der Waals surface area contributed by atoms with E-state index in [2.05, 4.69) is 37.0 Å². The molecule has 0 bridgehead atoms. The molecule has 1 aromatic rings. The van der Waals surface area contributed by atoms with Crippen LogP contribution in [-0.2, 0) is 12.2 Å². The predicted molar refractivity (Wildman–Crippen MR) is 82.1 cm³/mol. The van der Waals surface area contributed by atoms with Crippen molar-refractivity contribution in [1.82, 2.24) is 5.32 Å². The number of fused-ring (bicyclic) bond motifs is 1. The highest BCUT2D eigenvalue weighted by atomic mass is 32.2. The highest BCUT2D eigenvalue weighted by Crippen LogP contribution is 2.31. The van der Waals surface area contributed by atoms with E-state index in [1.165, 1.54) is 16.7 Å². The van der Waals surface area contributed by atoms with Crippen LogP contribution in [0.25, 0.3) is 0 Å². The highest BCUT2D eigenvalue weighted by molar-refractivity contribution is 7.99. The van der Waals surface area contributed by atoms with Crippen molar-refractivity contribution in [2.75, 3.05) is 0 Å². The normalized spacial score (nSPS) is 18.2. The molecule has 116 valence electrons. The Balaban J connectivity index is 1.81. The maximum atomic E-state index is 12.1. The Labute approximate surface area is 128 Å². The third-order valence-corrected chi connectivity index (χ3v) is 4.79.